The fraction of sp³-hybridized carbons (Fsp3) is 0.786. The van der Waals surface area contributed by atoms with Crippen LogP contribution in [-0.2, 0) is 14.3 Å². The van der Waals surface area contributed by atoms with Crippen LogP contribution in [-0.4, -0.2) is 11.8 Å². The van der Waals surface area contributed by atoms with E-state index in [1.165, 1.54) is 12.5 Å². The Morgan fingerprint density at radius 3 is 2.65 bits per heavy atom. The van der Waals surface area contributed by atoms with Crippen molar-refractivity contribution >= 4 is 5.97 Å². The van der Waals surface area contributed by atoms with Gasteiger partial charge in [-0.25, -0.2) is 4.79 Å². The van der Waals surface area contributed by atoms with Crippen LogP contribution in [0.15, 0.2) is 11.8 Å². The van der Waals surface area contributed by atoms with E-state index in [1.807, 2.05) is 6.92 Å². The molecule has 0 unspecified atom stereocenters. The zero-order valence-corrected chi connectivity index (χ0v) is 11.2. The summed E-state index contributed by atoms with van der Waals surface area (Å²) < 4.78 is 11.5. The van der Waals surface area contributed by atoms with E-state index in [0.717, 1.165) is 12.8 Å². The predicted octanol–water partition coefficient (Wildman–Crippen LogP) is 3.25. The fourth-order valence-electron chi connectivity index (χ4n) is 3.19. The van der Waals surface area contributed by atoms with Crippen molar-refractivity contribution in [2.75, 3.05) is 0 Å². The van der Waals surface area contributed by atoms with Crippen LogP contribution in [0.4, 0.5) is 0 Å². The molecule has 1 fully saturated rings. The Morgan fingerprint density at radius 1 is 1.35 bits per heavy atom. The third kappa shape index (κ3) is 2.33. The second-order valence-electron chi connectivity index (χ2n) is 5.83. The molecule has 0 radical (unpaired) electrons. The van der Waals surface area contributed by atoms with Crippen molar-refractivity contribution in [3.05, 3.63) is 11.8 Å². The van der Waals surface area contributed by atoms with Gasteiger partial charge in [0.05, 0.1) is 6.08 Å². The first-order valence-electron chi connectivity index (χ1n) is 6.53. The molecular weight excluding hydrogens is 216 g/mol. The summed E-state index contributed by atoms with van der Waals surface area (Å²) in [4.78, 5) is 11.6. The van der Waals surface area contributed by atoms with E-state index >= 15 is 0 Å². The molecule has 2 rings (SSSR count). The lowest BCUT2D eigenvalue weighted by Gasteiger charge is -2.47. The van der Waals surface area contributed by atoms with E-state index in [2.05, 4.69) is 20.8 Å². The Hall–Kier alpha value is -0.990. The van der Waals surface area contributed by atoms with Gasteiger partial charge in [0.1, 0.15) is 5.76 Å². The zero-order chi connectivity index (χ0) is 12.6. The van der Waals surface area contributed by atoms with Gasteiger partial charge in [0, 0.05) is 12.3 Å². The molecule has 1 heterocycles. The number of ether oxygens (including phenoxy) is 2. The second kappa shape index (κ2) is 4.35. The van der Waals surface area contributed by atoms with Gasteiger partial charge in [-0.15, -0.1) is 0 Å². The summed E-state index contributed by atoms with van der Waals surface area (Å²) >= 11 is 0. The van der Waals surface area contributed by atoms with Gasteiger partial charge in [-0.2, -0.15) is 0 Å². The molecule has 0 amide bonds. The molecule has 96 valence electrons. The van der Waals surface area contributed by atoms with Crippen LogP contribution in [0.25, 0.3) is 0 Å². The van der Waals surface area contributed by atoms with Crippen molar-refractivity contribution in [1.82, 2.24) is 0 Å². The molecule has 0 N–H and O–H groups in total. The molecule has 0 aromatic heterocycles. The molecular formula is C14H22O3. The standard InChI is InChI=1S/C14H22O3/c1-9(2)12-6-5-10(3)8-14(12)16-11(4)7-13(15)17-14/h7,9-10,12H,5-6,8H2,1-4H3/t10-,12+,14-/m0/s1. The molecule has 3 heteroatoms. The number of hydrogen-bond acceptors (Lipinski definition) is 3. The van der Waals surface area contributed by atoms with Crippen molar-refractivity contribution in [2.24, 2.45) is 17.8 Å². The Kier molecular flexibility index (Phi) is 3.19. The molecule has 0 aromatic carbocycles. The van der Waals surface area contributed by atoms with E-state index in [9.17, 15) is 4.79 Å². The SMILES string of the molecule is CC1=CC(=O)O[C@]2(C[C@@H](C)CC[C@@H]2C(C)C)O1. The topological polar surface area (TPSA) is 35.5 Å². The van der Waals surface area contributed by atoms with E-state index in [-0.39, 0.29) is 5.97 Å². The van der Waals surface area contributed by atoms with E-state index < -0.39 is 5.79 Å². The Morgan fingerprint density at radius 2 is 2.06 bits per heavy atom. The van der Waals surface area contributed by atoms with Gasteiger partial charge in [0.15, 0.2) is 0 Å². The molecule has 0 bridgehead atoms. The highest BCUT2D eigenvalue weighted by Crippen LogP contribution is 2.46. The maximum atomic E-state index is 11.6. The van der Waals surface area contributed by atoms with Crippen LogP contribution in [0.5, 0.6) is 0 Å². The number of carbonyl (C=O) groups is 1. The molecule has 1 spiro atoms. The summed E-state index contributed by atoms with van der Waals surface area (Å²) in [5, 5.41) is 0. The van der Waals surface area contributed by atoms with Gasteiger partial charge < -0.3 is 9.47 Å². The number of allylic oxidation sites excluding steroid dienone is 1. The third-order valence-electron chi connectivity index (χ3n) is 3.90. The normalized spacial score (nSPS) is 37.7. The molecule has 1 saturated carbocycles. The maximum Gasteiger partial charge on any atom is 0.337 e. The van der Waals surface area contributed by atoms with Crippen LogP contribution in [0, 0.1) is 17.8 Å². The molecule has 0 aromatic rings. The number of hydrogen-bond donors (Lipinski definition) is 0. The highest BCUT2D eigenvalue weighted by Gasteiger charge is 2.51. The second-order valence-corrected chi connectivity index (χ2v) is 5.83. The van der Waals surface area contributed by atoms with Crippen LogP contribution in [0.3, 0.4) is 0 Å². The van der Waals surface area contributed by atoms with Crippen molar-refractivity contribution in [3.8, 4) is 0 Å². The lowest BCUT2D eigenvalue weighted by atomic mass is 9.72. The Balaban J connectivity index is 2.30. The van der Waals surface area contributed by atoms with Gasteiger partial charge in [-0.3, -0.25) is 0 Å². The summed E-state index contributed by atoms with van der Waals surface area (Å²) in [6.45, 7) is 8.38. The number of rotatable bonds is 1. The molecule has 3 atom stereocenters. The maximum absolute atomic E-state index is 11.6. The monoisotopic (exact) mass is 238 g/mol. The molecule has 1 aliphatic carbocycles. The van der Waals surface area contributed by atoms with Crippen LogP contribution < -0.4 is 0 Å². The smallest absolute Gasteiger partial charge is 0.337 e. The molecule has 0 saturated heterocycles. The molecule has 3 nitrogen and oxygen atoms in total. The van der Waals surface area contributed by atoms with Gasteiger partial charge >= 0.3 is 5.97 Å². The highest BCUT2D eigenvalue weighted by atomic mass is 16.7. The summed E-state index contributed by atoms with van der Waals surface area (Å²) in [7, 11) is 0. The first-order chi connectivity index (χ1) is 7.93. The first kappa shape index (κ1) is 12.5. The predicted molar refractivity (Wildman–Crippen MR) is 65.0 cm³/mol. The van der Waals surface area contributed by atoms with Crippen molar-refractivity contribution in [2.45, 2.75) is 52.7 Å². The lowest BCUT2D eigenvalue weighted by molar-refractivity contribution is -0.267. The third-order valence-corrected chi connectivity index (χ3v) is 3.90. The average molecular weight is 238 g/mol. The quantitative estimate of drug-likeness (QED) is 0.658. The van der Waals surface area contributed by atoms with Gasteiger partial charge in [0.25, 0.3) is 5.79 Å². The summed E-state index contributed by atoms with van der Waals surface area (Å²) in [6, 6.07) is 0. The first-order valence-corrected chi connectivity index (χ1v) is 6.53. The lowest BCUT2D eigenvalue weighted by Crippen LogP contribution is -2.52. The van der Waals surface area contributed by atoms with Crippen molar-refractivity contribution < 1.29 is 14.3 Å². The van der Waals surface area contributed by atoms with E-state index in [0.29, 0.717) is 23.5 Å². The summed E-state index contributed by atoms with van der Waals surface area (Å²) in [5.74, 6) is 1.02. The molecule has 2 aliphatic rings. The van der Waals surface area contributed by atoms with E-state index in [4.69, 9.17) is 9.47 Å². The highest BCUT2D eigenvalue weighted by molar-refractivity contribution is 5.83. The Labute approximate surface area is 103 Å². The fourth-order valence-corrected chi connectivity index (χ4v) is 3.19. The summed E-state index contributed by atoms with van der Waals surface area (Å²) in [6.07, 6.45) is 4.50. The number of carbonyl (C=O) groups excluding carboxylic acids is 1. The minimum Gasteiger partial charge on any atom is -0.456 e. The van der Waals surface area contributed by atoms with Crippen molar-refractivity contribution in [1.29, 1.82) is 0 Å². The van der Waals surface area contributed by atoms with E-state index in [1.54, 1.807) is 0 Å². The van der Waals surface area contributed by atoms with Crippen molar-refractivity contribution in [3.63, 3.8) is 0 Å². The minimum atomic E-state index is -0.707. The Bertz CT molecular complexity index is 345. The molecule has 1 aliphatic heterocycles. The van der Waals surface area contributed by atoms with Gasteiger partial charge in [-0.05, 0) is 31.6 Å². The zero-order valence-electron chi connectivity index (χ0n) is 11.2. The van der Waals surface area contributed by atoms with Crippen LogP contribution in [0.2, 0.25) is 0 Å². The van der Waals surface area contributed by atoms with Crippen LogP contribution in [0.1, 0.15) is 47.0 Å². The average Bonchev–Trinajstić information content (AvgIpc) is 2.13. The van der Waals surface area contributed by atoms with Crippen LogP contribution >= 0.6 is 0 Å². The largest absolute Gasteiger partial charge is 0.456 e. The summed E-state index contributed by atoms with van der Waals surface area (Å²) in [5.41, 5.74) is 0. The minimum absolute atomic E-state index is 0.256. The van der Waals surface area contributed by atoms with Gasteiger partial charge in [-0.1, -0.05) is 20.8 Å². The van der Waals surface area contributed by atoms with Gasteiger partial charge in [0.2, 0.25) is 0 Å². The number of esters is 1. The molecule has 17 heavy (non-hydrogen) atoms.